The first-order valence-corrected chi connectivity index (χ1v) is 32.1. The fourth-order valence-corrected chi connectivity index (χ4v) is 6.86. The third-order valence-electron chi connectivity index (χ3n) is 11.5. The number of hydrogen-bond acceptors (Lipinski definition) is 29. The summed E-state index contributed by atoms with van der Waals surface area (Å²) in [5, 5.41) is 22.8. The Balaban J connectivity index is 0.000000661. The Kier molecular flexibility index (Phi) is 41.6. The molecule has 36 heteroatoms. The first-order chi connectivity index (χ1) is 51.5. The Labute approximate surface area is 629 Å². The summed E-state index contributed by atoms with van der Waals surface area (Å²) in [6, 6.07) is 0. The van der Waals surface area contributed by atoms with Gasteiger partial charge in [0, 0.05) is 146 Å². The van der Waals surface area contributed by atoms with Crippen molar-refractivity contribution in [3.05, 3.63) is 218 Å². The number of carboxylic acids is 1. The zero-order chi connectivity index (χ0) is 83.4. The molecule has 0 radical (unpaired) electrons. The smallest absolute Gasteiger partial charge is 0.336 e. The highest BCUT2D eigenvalue weighted by Crippen LogP contribution is 2.17. The van der Waals surface area contributed by atoms with Gasteiger partial charge < -0.3 is 89.1 Å². The van der Waals surface area contributed by atoms with Gasteiger partial charge in [-0.2, -0.15) is 0 Å². The molecule has 0 aromatic heterocycles. The first kappa shape index (κ1) is 93.8. The quantitative estimate of drug-likeness (QED) is 0.0450. The SMILES string of the molecule is C=C1CC=C(OC(=O)/C=C/C(=O)O)C(=O)N1.C=C1CC=C(OC(=O)/C=C/C(=O)OC(C)(C)C)C(=O)N1.C=C1CC=C(OC(=O)/C=C/C(=O)OC(C)C)C(=O)N1.C=C1CC=C(OC(=O)/C=C/C(=O)OC)C(=O)N1.C=C1CC=C(OC(=O)/C=C/C(=O)OCC(C)C)C(=O)N1.C=C1CC=C(OC(=O)/C=C/C(=O)OCC)C(=O)N1. The number of carbonyl (C=O) groups excluding carboxylic acids is 17. The van der Waals surface area contributed by atoms with Crippen LogP contribution in [0, 0.1) is 5.92 Å². The Hall–Kier alpha value is -14.2. The number of hydrogen-bond donors (Lipinski definition) is 7. The van der Waals surface area contributed by atoms with Crippen LogP contribution in [-0.2, 0) is 138 Å². The van der Waals surface area contributed by atoms with Gasteiger partial charge in [0.05, 0.1) is 26.4 Å². The summed E-state index contributed by atoms with van der Waals surface area (Å²) in [5.41, 5.74) is 2.51. The summed E-state index contributed by atoms with van der Waals surface area (Å²) in [5.74, 6) is -13.4. The Morgan fingerprint density at radius 2 is 0.600 bits per heavy atom. The van der Waals surface area contributed by atoms with Gasteiger partial charge in [-0.05, 0) is 83.9 Å². The van der Waals surface area contributed by atoms with Crippen LogP contribution in [0.4, 0.5) is 0 Å². The van der Waals surface area contributed by atoms with Crippen molar-refractivity contribution in [3.63, 3.8) is 0 Å². The van der Waals surface area contributed by atoms with Crippen molar-refractivity contribution in [2.75, 3.05) is 20.3 Å². The average Bonchev–Trinajstić information content (AvgIpc) is 0.905. The number of carboxylic acid groups (broad SMARTS) is 1. The van der Waals surface area contributed by atoms with E-state index in [2.05, 4.69) is 85.6 Å². The molecule has 6 heterocycles. The highest BCUT2D eigenvalue weighted by molar-refractivity contribution is 6.03. The minimum atomic E-state index is -1.27. The standard InChI is InChI=1S/2C14H17NO5.C13H15NO5.C12H13NO5.C11H11NO5.C10H9NO5/c1-9-5-6-10(13(18)15-9)19-11(16)7-8-12(17)20-14(2,3)4;1-9(2)8-19-12(16)6-7-13(17)20-11-5-4-10(3)15-14(11)18;1-8(2)18-11(15)6-7-12(16)19-10-5-4-9(3)14-13(10)17;1-3-17-10(14)6-7-11(15)18-9-5-4-8(2)13-12(9)16;1-7-3-4-8(11(15)12-7)17-10(14)6-5-9(13)16-2;1-6-2-3-7(10(15)11-6)16-9(14)5-4-8(12)13/h6-8H,1,5H2,2-4H3,(H,15,18);5-7,9H,3-4,8H2,1-2H3,(H,15,18);5-8H,3-4H2,1-2H3,(H,14,17);5-7H,2-4H2,1H3,(H,13,16);4-6H,1,3H2,2H3,(H,12,15);3-5H,1-2H2,(H,11,15)(H,12,13)/b8-7+;3*7-6+;6-5+;5-4+. The summed E-state index contributed by atoms with van der Waals surface area (Å²) in [4.78, 5) is 201. The van der Waals surface area contributed by atoms with Gasteiger partial charge in [0.2, 0.25) is 0 Å². The van der Waals surface area contributed by atoms with E-state index in [0.29, 0.717) is 78.8 Å². The second-order valence-electron chi connectivity index (χ2n) is 23.2. The van der Waals surface area contributed by atoms with Gasteiger partial charge in [-0.15, -0.1) is 0 Å². The van der Waals surface area contributed by atoms with Crippen LogP contribution in [0.15, 0.2) is 218 Å². The minimum absolute atomic E-state index is 0.109. The molecule has 110 heavy (non-hydrogen) atoms. The molecule has 0 aromatic carbocycles. The summed E-state index contributed by atoms with van der Waals surface area (Å²) in [6.07, 6.45) is 21.3. The van der Waals surface area contributed by atoms with Crippen LogP contribution in [0.5, 0.6) is 0 Å². The zero-order valence-corrected chi connectivity index (χ0v) is 61.2. The number of allylic oxidation sites excluding steroid dienone is 6. The molecule has 6 amide bonds. The lowest BCUT2D eigenvalue weighted by Crippen LogP contribution is -2.29. The summed E-state index contributed by atoms with van der Waals surface area (Å²) in [7, 11) is 1.18. The Morgan fingerprint density at radius 1 is 0.373 bits per heavy atom. The van der Waals surface area contributed by atoms with E-state index in [4.69, 9.17) is 43.0 Å². The van der Waals surface area contributed by atoms with Gasteiger partial charge in [0.25, 0.3) is 35.4 Å². The maximum atomic E-state index is 11.4. The van der Waals surface area contributed by atoms with E-state index < -0.39 is 113 Å². The maximum Gasteiger partial charge on any atom is 0.336 e. The molecule has 0 aliphatic carbocycles. The number of nitrogens with one attached hydrogen (secondary N) is 6. The molecular weight excluding hydrogens is 1450 g/mol. The first-order valence-electron chi connectivity index (χ1n) is 32.1. The highest BCUT2D eigenvalue weighted by Gasteiger charge is 2.25. The lowest BCUT2D eigenvalue weighted by atomic mass is 10.2. The normalized spacial score (nSPS) is 15.3. The predicted molar refractivity (Wildman–Crippen MR) is 380 cm³/mol. The predicted octanol–water partition coefficient (Wildman–Crippen LogP) is 4.33. The topological polar surface area (TPSA) is 501 Å². The van der Waals surface area contributed by atoms with Crippen molar-refractivity contribution in [2.45, 2.75) is 106 Å². The van der Waals surface area contributed by atoms with Crippen LogP contribution >= 0.6 is 0 Å². The van der Waals surface area contributed by atoms with Gasteiger partial charge in [-0.25, -0.2) is 57.5 Å². The minimum Gasteiger partial charge on any atom is -0.478 e. The summed E-state index contributed by atoms with van der Waals surface area (Å²) >= 11 is 0. The van der Waals surface area contributed by atoms with Crippen molar-refractivity contribution in [2.24, 2.45) is 5.92 Å². The zero-order valence-electron chi connectivity index (χ0n) is 61.2. The van der Waals surface area contributed by atoms with Crippen LogP contribution in [0.25, 0.3) is 0 Å². The lowest BCUT2D eigenvalue weighted by molar-refractivity contribution is -0.149. The van der Waals surface area contributed by atoms with Gasteiger partial charge >= 0.3 is 71.6 Å². The molecule has 6 aliphatic heterocycles. The van der Waals surface area contributed by atoms with Crippen LogP contribution in [-0.4, -0.2) is 144 Å². The molecule has 0 aromatic rings. The number of ether oxygens (including phenoxy) is 11. The van der Waals surface area contributed by atoms with E-state index in [0.717, 1.165) is 66.8 Å². The van der Waals surface area contributed by atoms with E-state index in [1.807, 2.05) is 13.8 Å². The van der Waals surface area contributed by atoms with Crippen molar-refractivity contribution < 1.29 is 144 Å². The molecule has 588 valence electrons. The van der Waals surface area contributed by atoms with Crippen molar-refractivity contribution in [3.8, 4) is 0 Å². The van der Waals surface area contributed by atoms with Gasteiger partial charge in [-0.1, -0.05) is 53.3 Å². The second kappa shape index (κ2) is 48.7. The number of amides is 6. The van der Waals surface area contributed by atoms with Crippen LogP contribution in [0.3, 0.4) is 0 Å². The molecule has 7 N–H and O–H groups in total. The lowest BCUT2D eigenvalue weighted by Gasteiger charge is -2.17. The summed E-state index contributed by atoms with van der Waals surface area (Å²) < 4.78 is 52.0. The monoisotopic (exact) mass is 1530 g/mol. The molecule has 0 bridgehead atoms. The summed E-state index contributed by atoms with van der Waals surface area (Å²) in [6.45, 7) is 35.8. The van der Waals surface area contributed by atoms with Crippen LogP contribution < -0.4 is 31.9 Å². The number of esters is 11. The van der Waals surface area contributed by atoms with Crippen molar-refractivity contribution in [1.29, 1.82) is 0 Å². The molecule has 0 atom stereocenters. The molecule has 6 aliphatic rings. The largest absolute Gasteiger partial charge is 0.478 e. The molecule has 0 spiro atoms. The maximum absolute atomic E-state index is 11.4. The fraction of sp³-hybridized carbons (Fsp3) is 0.270. The molecule has 36 nitrogen and oxygen atoms in total. The molecule has 0 fully saturated rings. The van der Waals surface area contributed by atoms with Gasteiger partial charge in [0.15, 0.2) is 34.6 Å². The third-order valence-corrected chi connectivity index (χ3v) is 11.5. The average molecular weight is 1540 g/mol. The number of methoxy groups -OCH3 is 1. The van der Waals surface area contributed by atoms with E-state index in [-0.39, 0.29) is 59.8 Å². The van der Waals surface area contributed by atoms with Crippen LogP contribution in [0.2, 0.25) is 0 Å². The van der Waals surface area contributed by atoms with E-state index in [9.17, 15) is 86.3 Å². The fourth-order valence-electron chi connectivity index (χ4n) is 6.86. The molecule has 0 saturated heterocycles. The number of aliphatic carboxylic acids is 1. The number of carbonyl (C=O) groups is 18. The Bertz CT molecular complexity index is 4110. The van der Waals surface area contributed by atoms with Crippen molar-refractivity contribution >= 4 is 107 Å². The van der Waals surface area contributed by atoms with Gasteiger partial charge in [0.1, 0.15) is 5.60 Å². The third kappa shape index (κ3) is 43.1. The van der Waals surface area contributed by atoms with Crippen LogP contribution in [0.1, 0.15) is 93.9 Å². The molecule has 0 saturated carbocycles. The van der Waals surface area contributed by atoms with E-state index in [1.165, 1.54) is 43.6 Å². The second-order valence-corrected chi connectivity index (χ2v) is 23.2. The highest BCUT2D eigenvalue weighted by atomic mass is 16.6. The Morgan fingerprint density at radius 3 is 0.818 bits per heavy atom. The molecule has 0 unspecified atom stereocenters. The number of rotatable bonds is 22. The van der Waals surface area contributed by atoms with E-state index >= 15 is 0 Å². The van der Waals surface area contributed by atoms with Crippen molar-refractivity contribution in [1.82, 2.24) is 31.9 Å². The van der Waals surface area contributed by atoms with Gasteiger partial charge in [-0.3, -0.25) is 28.8 Å². The molecular formula is C74H82N6O30. The molecule has 6 rings (SSSR count). The van der Waals surface area contributed by atoms with E-state index in [1.54, 1.807) is 41.5 Å².